The molecule has 184 valence electrons. The summed E-state index contributed by atoms with van der Waals surface area (Å²) in [4.78, 5) is 15.5. The van der Waals surface area contributed by atoms with Crippen molar-refractivity contribution in [2.45, 2.75) is 44.2 Å². The number of ether oxygens (including phenoxy) is 1. The first kappa shape index (κ1) is 24.6. The fourth-order valence-electron chi connectivity index (χ4n) is 4.65. The van der Waals surface area contributed by atoms with Gasteiger partial charge in [0.1, 0.15) is 11.4 Å². The van der Waals surface area contributed by atoms with Crippen LogP contribution in [0.4, 0.5) is 24.5 Å². The summed E-state index contributed by atoms with van der Waals surface area (Å²) in [5.74, 6) is 0.522. The maximum Gasteiger partial charge on any atom is 0.416 e. The molecule has 0 aliphatic heterocycles. The molecule has 0 amide bonds. The van der Waals surface area contributed by atoms with Crippen LogP contribution in [0.15, 0.2) is 60.8 Å². The van der Waals surface area contributed by atoms with Gasteiger partial charge in [0.05, 0.1) is 24.6 Å². The average molecular weight is 485 g/mol. The summed E-state index contributed by atoms with van der Waals surface area (Å²) in [5, 5.41) is 12.1. The number of alkyl halides is 3. The van der Waals surface area contributed by atoms with Crippen LogP contribution < -0.4 is 10.1 Å². The Morgan fingerprint density at radius 2 is 1.69 bits per heavy atom. The molecule has 0 spiro atoms. The smallest absolute Gasteiger partial charge is 0.416 e. The second-order valence-corrected chi connectivity index (χ2v) is 8.91. The molecule has 2 aromatic carbocycles. The molecule has 0 unspecified atom stereocenters. The molecule has 0 radical (unpaired) electrons. The van der Waals surface area contributed by atoms with E-state index in [-0.39, 0.29) is 12.3 Å². The van der Waals surface area contributed by atoms with E-state index in [0.29, 0.717) is 28.7 Å². The van der Waals surface area contributed by atoms with E-state index in [1.54, 1.807) is 19.4 Å². The lowest BCUT2D eigenvalue weighted by Gasteiger charge is -2.28. The van der Waals surface area contributed by atoms with E-state index < -0.39 is 17.7 Å². The highest BCUT2D eigenvalue weighted by molar-refractivity contribution is 5.71. The summed E-state index contributed by atoms with van der Waals surface area (Å²) >= 11 is 0. The number of carboxylic acids is 1. The Labute approximate surface area is 202 Å². The molecule has 0 saturated heterocycles. The predicted octanol–water partition coefficient (Wildman–Crippen LogP) is 7.27. The molecule has 1 aliphatic rings. The molecule has 0 bridgehead atoms. The third kappa shape index (κ3) is 6.12. The molecule has 5 nitrogen and oxygen atoms in total. The number of hydrogen-bond donors (Lipinski definition) is 2. The number of rotatable bonds is 7. The van der Waals surface area contributed by atoms with E-state index in [0.717, 1.165) is 43.4 Å². The van der Waals surface area contributed by atoms with Gasteiger partial charge in [-0.1, -0.05) is 24.3 Å². The SMILES string of the molecule is COc1cc(Nc2ccc(C(F)(F)F)cc2)cnc1-c1ccc(C2CCC(CC(=O)O)CC2)cc1. The Morgan fingerprint density at radius 1 is 1.03 bits per heavy atom. The van der Waals surface area contributed by atoms with Crippen LogP contribution in [-0.4, -0.2) is 23.2 Å². The first-order chi connectivity index (χ1) is 16.7. The summed E-state index contributed by atoms with van der Waals surface area (Å²) in [5.41, 5.74) is 3.21. The number of nitrogens with zero attached hydrogens (tertiary/aromatic N) is 1. The monoisotopic (exact) mass is 484 g/mol. The minimum absolute atomic E-state index is 0.251. The lowest BCUT2D eigenvalue weighted by molar-refractivity contribution is -0.139. The Hall–Kier alpha value is -3.55. The molecule has 4 rings (SSSR count). The molecule has 1 aliphatic carbocycles. The van der Waals surface area contributed by atoms with Crippen LogP contribution in [0.25, 0.3) is 11.3 Å². The van der Waals surface area contributed by atoms with Crippen LogP contribution in [0.2, 0.25) is 0 Å². The van der Waals surface area contributed by atoms with E-state index in [2.05, 4.69) is 22.4 Å². The van der Waals surface area contributed by atoms with Gasteiger partial charge in [0.25, 0.3) is 0 Å². The van der Waals surface area contributed by atoms with Gasteiger partial charge in [0, 0.05) is 23.7 Å². The van der Waals surface area contributed by atoms with Crippen molar-refractivity contribution in [3.05, 3.63) is 71.9 Å². The molecule has 1 aromatic heterocycles. The number of aliphatic carboxylic acids is 1. The van der Waals surface area contributed by atoms with Crippen LogP contribution in [0.1, 0.15) is 49.1 Å². The van der Waals surface area contributed by atoms with Gasteiger partial charge < -0.3 is 15.2 Å². The zero-order valence-electron chi connectivity index (χ0n) is 19.3. The Balaban J connectivity index is 1.44. The van der Waals surface area contributed by atoms with Gasteiger partial charge in [-0.3, -0.25) is 9.78 Å². The molecule has 8 heteroatoms. The van der Waals surface area contributed by atoms with Crippen molar-refractivity contribution in [2.75, 3.05) is 12.4 Å². The minimum Gasteiger partial charge on any atom is -0.494 e. The molecule has 2 N–H and O–H groups in total. The summed E-state index contributed by atoms with van der Waals surface area (Å²) in [6, 6.07) is 14.8. The minimum atomic E-state index is -4.37. The van der Waals surface area contributed by atoms with Crippen LogP contribution in [0.5, 0.6) is 5.75 Å². The zero-order chi connectivity index (χ0) is 25.0. The van der Waals surface area contributed by atoms with Gasteiger partial charge in [-0.25, -0.2) is 0 Å². The normalized spacial score (nSPS) is 18.2. The van der Waals surface area contributed by atoms with Crippen molar-refractivity contribution in [1.29, 1.82) is 0 Å². The number of halogens is 3. The standard InChI is InChI=1S/C27H27F3N2O3/c1-35-24-15-23(32-22-12-10-21(11-13-22)27(28,29)30)16-31-26(24)20-8-6-19(7-9-20)18-4-2-17(3-5-18)14-25(33)34/h6-13,15-18,32H,2-5,14H2,1H3,(H,33,34). The van der Waals surface area contributed by atoms with Gasteiger partial charge in [-0.2, -0.15) is 13.2 Å². The van der Waals surface area contributed by atoms with E-state index in [1.165, 1.54) is 17.7 Å². The van der Waals surface area contributed by atoms with Crippen LogP contribution >= 0.6 is 0 Å². The summed E-state index contributed by atoms with van der Waals surface area (Å²) in [7, 11) is 1.55. The van der Waals surface area contributed by atoms with Crippen molar-refractivity contribution >= 4 is 17.3 Å². The highest BCUT2D eigenvalue weighted by Crippen LogP contribution is 2.38. The number of pyridine rings is 1. The third-order valence-electron chi connectivity index (χ3n) is 6.54. The van der Waals surface area contributed by atoms with Gasteiger partial charge in [-0.15, -0.1) is 0 Å². The molecule has 3 aromatic rings. The molecular formula is C27H27F3N2O3. The fraction of sp³-hybridized carbons (Fsp3) is 0.333. The number of benzene rings is 2. The number of hydrogen-bond acceptors (Lipinski definition) is 4. The van der Waals surface area contributed by atoms with Crippen LogP contribution in [0.3, 0.4) is 0 Å². The molecule has 0 atom stereocenters. The second kappa shape index (κ2) is 10.4. The highest BCUT2D eigenvalue weighted by atomic mass is 19.4. The van der Waals surface area contributed by atoms with Gasteiger partial charge >= 0.3 is 12.1 Å². The largest absolute Gasteiger partial charge is 0.494 e. The summed E-state index contributed by atoms with van der Waals surface area (Å²) < 4.78 is 43.8. The van der Waals surface area contributed by atoms with E-state index in [1.807, 2.05) is 12.1 Å². The maximum absolute atomic E-state index is 12.8. The van der Waals surface area contributed by atoms with E-state index >= 15 is 0 Å². The number of carbonyl (C=O) groups is 1. The Kier molecular flexibility index (Phi) is 7.28. The fourth-order valence-corrected chi connectivity index (χ4v) is 4.65. The van der Waals surface area contributed by atoms with Gasteiger partial charge in [0.15, 0.2) is 0 Å². The van der Waals surface area contributed by atoms with Crippen molar-refractivity contribution in [2.24, 2.45) is 5.92 Å². The van der Waals surface area contributed by atoms with Crippen molar-refractivity contribution in [3.63, 3.8) is 0 Å². The molecule has 1 heterocycles. The van der Waals surface area contributed by atoms with E-state index in [4.69, 9.17) is 9.84 Å². The van der Waals surface area contributed by atoms with Crippen molar-refractivity contribution in [3.8, 4) is 17.0 Å². The molecule has 1 saturated carbocycles. The van der Waals surface area contributed by atoms with Crippen molar-refractivity contribution < 1.29 is 27.8 Å². The zero-order valence-corrected chi connectivity index (χ0v) is 19.3. The first-order valence-electron chi connectivity index (χ1n) is 11.5. The second-order valence-electron chi connectivity index (χ2n) is 8.91. The summed E-state index contributed by atoms with van der Waals surface area (Å²) in [6.45, 7) is 0. The number of methoxy groups -OCH3 is 1. The molecular weight excluding hydrogens is 457 g/mol. The Bertz CT molecular complexity index is 1150. The highest BCUT2D eigenvalue weighted by Gasteiger charge is 2.30. The summed E-state index contributed by atoms with van der Waals surface area (Å²) in [6.07, 6.45) is 1.34. The van der Waals surface area contributed by atoms with Crippen LogP contribution in [0, 0.1) is 5.92 Å². The number of nitrogens with one attached hydrogen (secondary N) is 1. The van der Waals surface area contributed by atoms with Crippen LogP contribution in [-0.2, 0) is 11.0 Å². The Morgan fingerprint density at radius 3 is 2.26 bits per heavy atom. The number of aromatic nitrogens is 1. The van der Waals surface area contributed by atoms with Crippen molar-refractivity contribution in [1.82, 2.24) is 4.98 Å². The third-order valence-corrected chi connectivity index (χ3v) is 6.54. The first-order valence-corrected chi connectivity index (χ1v) is 11.5. The molecule has 35 heavy (non-hydrogen) atoms. The average Bonchev–Trinajstić information content (AvgIpc) is 2.84. The topological polar surface area (TPSA) is 71.5 Å². The quantitative estimate of drug-likeness (QED) is 0.369. The predicted molar refractivity (Wildman–Crippen MR) is 128 cm³/mol. The van der Waals surface area contributed by atoms with Gasteiger partial charge in [0.2, 0.25) is 0 Å². The maximum atomic E-state index is 12.8. The number of carboxylic acid groups (broad SMARTS) is 1. The van der Waals surface area contributed by atoms with Gasteiger partial charge in [-0.05, 0) is 67.3 Å². The molecule has 1 fully saturated rings. The number of anilines is 2. The lowest BCUT2D eigenvalue weighted by Crippen LogP contribution is -2.16. The lowest BCUT2D eigenvalue weighted by atomic mass is 9.77. The van der Waals surface area contributed by atoms with E-state index in [9.17, 15) is 18.0 Å².